The summed E-state index contributed by atoms with van der Waals surface area (Å²) in [5, 5.41) is 12.7. The number of carbonyl (C=O) groups excluding carboxylic acids is 1. The Balaban J connectivity index is 1.50. The molecule has 0 radical (unpaired) electrons. The van der Waals surface area contributed by atoms with Gasteiger partial charge in [-0.1, -0.05) is 25.2 Å². The topological polar surface area (TPSA) is 89.9 Å². The Hall–Kier alpha value is -2.09. The summed E-state index contributed by atoms with van der Waals surface area (Å²) < 4.78 is 5.50. The van der Waals surface area contributed by atoms with Crippen molar-refractivity contribution in [2.75, 3.05) is 6.61 Å². The molecule has 2 aromatic heterocycles. The minimum absolute atomic E-state index is 0.261. The highest BCUT2D eigenvalue weighted by Crippen LogP contribution is 2.29. The smallest absolute Gasteiger partial charge is 0.271 e. The third kappa shape index (κ3) is 4.44. The SMILES string of the molecule is CC(C)c1nnc(CNC(=O)c2cnc(OCC3CC3)cn2)s1. The van der Waals surface area contributed by atoms with Gasteiger partial charge in [-0.05, 0) is 18.8 Å². The van der Waals surface area contributed by atoms with Crippen molar-refractivity contribution >= 4 is 17.2 Å². The van der Waals surface area contributed by atoms with Crippen LogP contribution in [0.15, 0.2) is 12.4 Å². The fraction of sp³-hybridized carbons (Fsp3) is 0.533. The van der Waals surface area contributed by atoms with E-state index in [0.717, 1.165) is 10.0 Å². The van der Waals surface area contributed by atoms with Crippen molar-refractivity contribution in [1.82, 2.24) is 25.5 Å². The summed E-state index contributed by atoms with van der Waals surface area (Å²) in [4.78, 5) is 20.2. The molecule has 122 valence electrons. The van der Waals surface area contributed by atoms with E-state index in [1.165, 1.54) is 36.6 Å². The minimum atomic E-state index is -0.285. The molecule has 0 atom stereocenters. The molecule has 2 heterocycles. The predicted octanol–water partition coefficient (Wildman–Crippen LogP) is 2.17. The Morgan fingerprint density at radius 2 is 2.17 bits per heavy atom. The van der Waals surface area contributed by atoms with E-state index in [-0.39, 0.29) is 11.6 Å². The maximum atomic E-state index is 12.0. The van der Waals surface area contributed by atoms with Gasteiger partial charge in [0.15, 0.2) is 0 Å². The number of ether oxygens (including phenoxy) is 1. The lowest BCUT2D eigenvalue weighted by atomic mass is 10.2. The summed E-state index contributed by atoms with van der Waals surface area (Å²) in [6, 6.07) is 0. The molecule has 7 nitrogen and oxygen atoms in total. The van der Waals surface area contributed by atoms with Gasteiger partial charge in [-0.2, -0.15) is 0 Å². The first-order chi connectivity index (χ1) is 11.1. The maximum Gasteiger partial charge on any atom is 0.271 e. The van der Waals surface area contributed by atoms with Gasteiger partial charge in [0, 0.05) is 5.92 Å². The zero-order valence-electron chi connectivity index (χ0n) is 13.2. The zero-order chi connectivity index (χ0) is 16.2. The van der Waals surface area contributed by atoms with Crippen LogP contribution in [0, 0.1) is 5.92 Å². The van der Waals surface area contributed by atoms with E-state index in [4.69, 9.17) is 4.74 Å². The lowest BCUT2D eigenvalue weighted by Crippen LogP contribution is -2.24. The fourth-order valence-corrected chi connectivity index (χ4v) is 2.60. The van der Waals surface area contributed by atoms with Crippen molar-refractivity contribution in [2.45, 2.75) is 39.2 Å². The second-order valence-electron chi connectivity index (χ2n) is 5.87. The van der Waals surface area contributed by atoms with E-state index >= 15 is 0 Å². The molecule has 0 spiro atoms. The molecule has 1 saturated carbocycles. The van der Waals surface area contributed by atoms with E-state index in [1.807, 2.05) is 0 Å². The zero-order valence-corrected chi connectivity index (χ0v) is 14.0. The van der Waals surface area contributed by atoms with Crippen LogP contribution in [0.4, 0.5) is 0 Å². The van der Waals surface area contributed by atoms with Crippen molar-refractivity contribution < 1.29 is 9.53 Å². The van der Waals surface area contributed by atoms with Gasteiger partial charge in [-0.3, -0.25) is 4.79 Å². The highest BCUT2D eigenvalue weighted by atomic mass is 32.1. The van der Waals surface area contributed by atoms with Gasteiger partial charge in [0.25, 0.3) is 5.91 Å². The third-order valence-corrected chi connectivity index (χ3v) is 4.62. The van der Waals surface area contributed by atoms with Crippen LogP contribution in [0.5, 0.6) is 5.88 Å². The van der Waals surface area contributed by atoms with Crippen LogP contribution in [0.25, 0.3) is 0 Å². The highest BCUT2D eigenvalue weighted by Gasteiger charge is 2.22. The Morgan fingerprint density at radius 1 is 1.35 bits per heavy atom. The molecule has 3 rings (SSSR count). The second-order valence-corrected chi connectivity index (χ2v) is 6.96. The summed E-state index contributed by atoms with van der Waals surface area (Å²) >= 11 is 1.50. The molecule has 23 heavy (non-hydrogen) atoms. The first-order valence-electron chi connectivity index (χ1n) is 7.67. The molecule has 0 unspecified atom stereocenters. The summed E-state index contributed by atoms with van der Waals surface area (Å²) in [6.45, 7) is 5.14. The number of nitrogens with one attached hydrogen (secondary N) is 1. The maximum absolute atomic E-state index is 12.0. The van der Waals surface area contributed by atoms with Gasteiger partial charge in [0.05, 0.1) is 25.5 Å². The molecular formula is C15H19N5O2S. The van der Waals surface area contributed by atoms with Crippen molar-refractivity contribution in [1.29, 1.82) is 0 Å². The summed E-state index contributed by atoms with van der Waals surface area (Å²) in [5.74, 6) is 1.17. The molecule has 0 bridgehead atoms. The molecule has 0 aromatic carbocycles. The van der Waals surface area contributed by atoms with Crippen molar-refractivity contribution in [3.63, 3.8) is 0 Å². The van der Waals surface area contributed by atoms with E-state index in [1.54, 1.807) is 0 Å². The molecule has 2 aromatic rings. The van der Waals surface area contributed by atoms with Crippen molar-refractivity contribution in [2.24, 2.45) is 5.92 Å². The Bertz CT molecular complexity index is 667. The number of amides is 1. The first-order valence-corrected chi connectivity index (χ1v) is 8.49. The Kier molecular flexibility index (Phi) is 4.80. The molecule has 1 aliphatic carbocycles. The van der Waals surface area contributed by atoms with Crippen LogP contribution >= 0.6 is 11.3 Å². The highest BCUT2D eigenvalue weighted by molar-refractivity contribution is 7.11. The summed E-state index contributed by atoms with van der Waals surface area (Å²) in [6.07, 6.45) is 5.35. The molecule has 0 aliphatic heterocycles. The van der Waals surface area contributed by atoms with Gasteiger partial charge < -0.3 is 10.1 Å². The molecule has 8 heteroatoms. The molecule has 1 aliphatic rings. The molecule has 1 fully saturated rings. The van der Waals surface area contributed by atoms with Crippen LogP contribution in [0.2, 0.25) is 0 Å². The van der Waals surface area contributed by atoms with Crippen LogP contribution in [-0.4, -0.2) is 32.7 Å². The fourth-order valence-electron chi connectivity index (χ4n) is 1.81. The molecule has 1 amide bonds. The van der Waals surface area contributed by atoms with Crippen molar-refractivity contribution in [3.05, 3.63) is 28.1 Å². The largest absolute Gasteiger partial charge is 0.476 e. The van der Waals surface area contributed by atoms with Crippen molar-refractivity contribution in [3.8, 4) is 5.88 Å². The normalized spacial score (nSPS) is 14.0. The van der Waals surface area contributed by atoms with Crippen LogP contribution in [-0.2, 0) is 6.54 Å². The lowest BCUT2D eigenvalue weighted by Gasteiger charge is -2.05. The number of rotatable bonds is 7. The van der Waals surface area contributed by atoms with Gasteiger partial charge in [-0.25, -0.2) is 9.97 Å². The van der Waals surface area contributed by atoms with E-state index < -0.39 is 0 Å². The van der Waals surface area contributed by atoms with Crippen LogP contribution in [0.3, 0.4) is 0 Å². The van der Waals surface area contributed by atoms with E-state index in [0.29, 0.717) is 30.9 Å². The number of nitrogens with zero attached hydrogens (tertiary/aromatic N) is 4. The van der Waals surface area contributed by atoms with Crippen LogP contribution < -0.4 is 10.1 Å². The predicted molar refractivity (Wildman–Crippen MR) is 85.4 cm³/mol. The Labute approximate surface area is 138 Å². The summed E-state index contributed by atoms with van der Waals surface area (Å²) in [7, 11) is 0. The van der Waals surface area contributed by atoms with Gasteiger partial charge in [0.1, 0.15) is 15.7 Å². The van der Waals surface area contributed by atoms with Gasteiger partial charge in [0.2, 0.25) is 5.88 Å². The standard InChI is InChI=1S/C15H19N5O2S/c1-9(2)15-20-19-13(23-15)7-18-14(21)11-5-17-12(6-16-11)22-8-10-3-4-10/h5-6,9-10H,3-4,7-8H2,1-2H3,(H,18,21). The second kappa shape index (κ2) is 6.99. The number of aromatic nitrogens is 4. The minimum Gasteiger partial charge on any atom is -0.476 e. The average Bonchev–Trinajstić information content (AvgIpc) is 3.26. The quantitative estimate of drug-likeness (QED) is 0.835. The first kappa shape index (κ1) is 15.8. The van der Waals surface area contributed by atoms with E-state index in [9.17, 15) is 4.79 Å². The average molecular weight is 333 g/mol. The van der Waals surface area contributed by atoms with Gasteiger partial charge in [-0.15, -0.1) is 10.2 Å². The molecular weight excluding hydrogens is 314 g/mol. The third-order valence-electron chi connectivity index (χ3n) is 3.40. The van der Waals surface area contributed by atoms with Gasteiger partial charge >= 0.3 is 0 Å². The molecule has 0 saturated heterocycles. The monoisotopic (exact) mass is 333 g/mol. The number of hydrogen-bond acceptors (Lipinski definition) is 7. The Morgan fingerprint density at radius 3 is 2.78 bits per heavy atom. The molecule has 1 N–H and O–H groups in total. The lowest BCUT2D eigenvalue weighted by molar-refractivity contribution is 0.0945. The van der Waals surface area contributed by atoms with E-state index in [2.05, 4.69) is 39.3 Å². The summed E-state index contributed by atoms with van der Waals surface area (Å²) in [5.41, 5.74) is 0.261. The van der Waals surface area contributed by atoms with Crippen LogP contribution in [0.1, 0.15) is 53.1 Å². The number of carbonyl (C=O) groups is 1. The number of hydrogen-bond donors (Lipinski definition) is 1.